The number of anilines is 1. The van der Waals surface area contributed by atoms with Gasteiger partial charge in [0.05, 0.1) is 0 Å². The quantitative estimate of drug-likeness (QED) is 0.821. The van der Waals surface area contributed by atoms with Crippen LogP contribution in [0.1, 0.15) is 42.5 Å². The maximum Gasteiger partial charge on any atom is 0.251 e. The fourth-order valence-corrected chi connectivity index (χ4v) is 3.75. The van der Waals surface area contributed by atoms with Gasteiger partial charge in [-0.2, -0.15) is 0 Å². The number of nitrogen functional groups attached to an aromatic ring is 1. The first-order chi connectivity index (χ1) is 10.0. The molecule has 4 nitrogen and oxygen atoms in total. The summed E-state index contributed by atoms with van der Waals surface area (Å²) >= 11 is 0. The number of nitrogens with zero attached hydrogens (tertiary/aromatic N) is 1. The molecule has 0 radical (unpaired) electrons. The van der Waals surface area contributed by atoms with Gasteiger partial charge in [-0.15, -0.1) is 0 Å². The molecule has 0 aliphatic carbocycles. The van der Waals surface area contributed by atoms with Crippen molar-refractivity contribution in [1.29, 1.82) is 0 Å². The van der Waals surface area contributed by atoms with Gasteiger partial charge >= 0.3 is 0 Å². The lowest BCUT2D eigenvalue weighted by Crippen LogP contribution is -2.55. The maximum absolute atomic E-state index is 13.3. The van der Waals surface area contributed by atoms with Gasteiger partial charge in [-0.05, 0) is 50.9 Å². The smallest absolute Gasteiger partial charge is 0.251 e. The highest BCUT2D eigenvalue weighted by Gasteiger charge is 2.36. The Kier molecular flexibility index (Phi) is 3.85. The van der Waals surface area contributed by atoms with Gasteiger partial charge in [0.15, 0.2) is 0 Å². The minimum atomic E-state index is -0.472. The number of hydrogen-bond donors (Lipinski definition) is 2. The lowest BCUT2D eigenvalue weighted by atomic mass is 9.82. The average Bonchev–Trinajstić information content (AvgIpc) is 2.38. The van der Waals surface area contributed by atoms with E-state index in [9.17, 15) is 9.18 Å². The van der Waals surface area contributed by atoms with Crippen LogP contribution in [0.2, 0.25) is 0 Å². The van der Waals surface area contributed by atoms with Crippen molar-refractivity contribution >= 4 is 11.6 Å². The number of halogens is 1. The molecule has 114 valence electrons. The molecule has 5 heteroatoms. The van der Waals surface area contributed by atoms with E-state index in [1.54, 1.807) is 0 Å². The fraction of sp³-hybridized carbons (Fsp3) is 0.562. The van der Waals surface area contributed by atoms with Crippen LogP contribution in [0.3, 0.4) is 0 Å². The lowest BCUT2D eigenvalue weighted by molar-refractivity contribution is 0.0463. The second-order valence-corrected chi connectivity index (χ2v) is 6.32. The first-order valence-corrected chi connectivity index (χ1v) is 7.62. The Bertz CT molecular complexity index is 514. The predicted octanol–water partition coefficient (Wildman–Crippen LogP) is 2.15. The van der Waals surface area contributed by atoms with Crippen LogP contribution in [0.5, 0.6) is 0 Å². The van der Waals surface area contributed by atoms with Crippen molar-refractivity contribution in [3.05, 3.63) is 29.6 Å². The summed E-state index contributed by atoms with van der Waals surface area (Å²) in [6.07, 6.45) is 5.63. The number of hydrogen-bond acceptors (Lipinski definition) is 3. The van der Waals surface area contributed by atoms with Crippen LogP contribution in [0.4, 0.5) is 10.1 Å². The summed E-state index contributed by atoms with van der Waals surface area (Å²) in [5, 5.41) is 3.05. The molecule has 2 aliphatic rings. The van der Waals surface area contributed by atoms with Crippen LogP contribution in [-0.2, 0) is 0 Å². The molecule has 2 atom stereocenters. The number of carbonyl (C=O) groups excluding carboxylic acids is 1. The third kappa shape index (κ3) is 3.02. The largest absolute Gasteiger partial charge is 0.399 e. The lowest BCUT2D eigenvalue weighted by Gasteiger charge is -2.47. The Balaban J connectivity index is 1.68. The normalized spacial score (nSPS) is 29.1. The Morgan fingerprint density at radius 3 is 2.57 bits per heavy atom. The van der Waals surface area contributed by atoms with Crippen molar-refractivity contribution in [3.63, 3.8) is 0 Å². The predicted molar refractivity (Wildman–Crippen MR) is 80.5 cm³/mol. The molecule has 2 saturated heterocycles. The molecular formula is C16H22FN3O. The monoisotopic (exact) mass is 291 g/mol. The molecular weight excluding hydrogens is 269 g/mol. The van der Waals surface area contributed by atoms with Crippen LogP contribution in [0.25, 0.3) is 0 Å². The van der Waals surface area contributed by atoms with Crippen LogP contribution >= 0.6 is 0 Å². The van der Waals surface area contributed by atoms with Gasteiger partial charge in [0.2, 0.25) is 0 Å². The van der Waals surface area contributed by atoms with Crippen LogP contribution in [0, 0.1) is 5.82 Å². The Hall–Kier alpha value is -1.62. The molecule has 2 unspecified atom stereocenters. The Morgan fingerprint density at radius 2 is 1.95 bits per heavy atom. The number of fused-ring (bicyclic) bond motifs is 2. The standard InChI is InChI=1S/C16H22FN3O/c1-20-14-3-2-4-15(20)9-13(8-14)19-16(21)10-5-11(17)7-12(18)6-10/h5-7,13-15H,2-4,8-9,18H2,1H3,(H,19,21). The first kappa shape index (κ1) is 14.3. The van der Waals surface area contributed by atoms with E-state index in [0.29, 0.717) is 17.6 Å². The zero-order chi connectivity index (χ0) is 15.0. The molecule has 0 aromatic heterocycles. The SMILES string of the molecule is CN1C2CCCC1CC(NC(=O)c1cc(N)cc(F)c1)C2. The van der Waals surface area contributed by atoms with Gasteiger partial charge in [-0.1, -0.05) is 6.42 Å². The summed E-state index contributed by atoms with van der Waals surface area (Å²) in [6, 6.07) is 5.26. The number of piperidine rings is 2. The average molecular weight is 291 g/mol. The summed E-state index contributed by atoms with van der Waals surface area (Å²) in [4.78, 5) is 14.7. The first-order valence-electron chi connectivity index (χ1n) is 7.62. The van der Waals surface area contributed by atoms with Gasteiger partial charge in [0.1, 0.15) is 5.82 Å². The van der Waals surface area contributed by atoms with E-state index in [1.807, 2.05) is 0 Å². The molecule has 1 aromatic carbocycles. The minimum absolute atomic E-state index is 0.175. The van der Waals surface area contributed by atoms with Gasteiger partial charge in [-0.3, -0.25) is 4.79 Å². The summed E-state index contributed by atoms with van der Waals surface area (Å²) < 4.78 is 13.3. The second-order valence-electron chi connectivity index (χ2n) is 6.32. The molecule has 0 spiro atoms. The van der Waals surface area contributed by atoms with Gasteiger partial charge in [0, 0.05) is 29.4 Å². The zero-order valence-electron chi connectivity index (χ0n) is 12.3. The number of rotatable bonds is 2. The number of nitrogens with two attached hydrogens (primary N) is 1. The molecule has 3 rings (SSSR count). The van der Waals surface area contributed by atoms with Gasteiger partial charge in [-0.25, -0.2) is 4.39 Å². The van der Waals surface area contributed by atoms with Crippen molar-refractivity contribution in [3.8, 4) is 0 Å². The third-order valence-electron chi connectivity index (χ3n) is 4.86. The molecule has 1 amide bonds. The van der Waals surface area contributed by atoms with E-state index in [-0.39, 0.29) is 17.6 Å². The van der Waals surface area contributed by atoms with E-state index in [2.05, 4.69) is 17.3 Å². The molecule has 2 bridgehead atoms. The topological polar surface area (TPSA) is 58.4 Å². The number of nitrogens with one attached hydrogen (secondary N) is 1. The molecule has 1 aromatic rings. The summed E-state index contributed by atoms with van der Waals surface area (Å²) in [5.74, 6) is -0.700. The Labute approximate surface area is 124 Å². The summed E-state index contributed by atoms with van der Waals surface area (Å²) in [7, 11) is 2.18. The molecule has 3 N–H and O–H groups in total. The summed E-state index contributed by atoms with van der Waals surface area (Å²) in [5.41, 5.74) is 6.18. The third-order valence-corrected chi connectivity index (χ3v) is 4.86. The van der Waals surface area contributed by atoms with Crippen LogP contribution in [0.15, 0.2) is 18.2 Å². The number of carbonyl (C=O) groups is 1. The van der Waals surface area contributed by atoms with Gasteiger partial charge < -0.3 is 16.0 Å². The molecule has 2 fully saturated rings. The van der Waals surface area contributed by atoms with Crippen LogP contribution < -0.4 is 11.1 Å². The molecule has 0 saturated carbocycles. The highest BCUT2D eigenvalue weighted by molar-refractivity contribution is 5.95. The van der Waals surface area contributed by atoms with Crippen molar-refractivity contribution in [1.82, 2.24) is 10.2 Å². The van der Waals surface area contributed by atoms with Crippen molar-refractivity contribution in [2.45, 2.75) is 50.2 Å². The highest BCUT2D eigenvalue weighted by atomic mass is 19.1. The van der Waals surface area contributed by atoms with Gasteiger partial charge in [0.25, 0.3) is 5.91 Å². The van der Waals surface area contributed by atoms with E-state index in [4.69, 9.17) is 5.73 Å². The Morgan fingerprint density at radius 1 is 1.29 bits per heavy atom. The van der Waals surface area contributed by atoms with E-state index >= 15 is 0 Å². The minimum Gasteiger partial charge on any atom is -0.399 e. The number of benzene rings is 1. The van der Waals surface area contributed by atoms with Crippen molar-refractivity contribution in [2.24, 2.45) is 0 Å². The van der Waals surface area contributed by atoms with E-state index in [1.165, 1.54) is 37.5 Å². The molecule has 21 heavy (non-hydrogen) atoms. The van der Waals surface area contributed by atoms with Crippen molar-refractivity contribution in [2.75, 3.05) is 12.8 Å². The van der Waals surface area contributed by atoms with Crippen LogP contribution in [-0.4, -0.2) is 36.0 Å². The molecule has 2 aliphatic heterocycles. The van der Waals surface area contributed by atoms with E-state index < -0.39 is 5.82 Å². The zero-order valence-corrected chi connectivity index (χ0v) is 12.3. The highest BCUT2D eigenvalue weighted by Crippen LogP contribution is 2.32. The fourth-order valence-electron chi connectivity index (χ4n) is 3.75. The molecule has 2 heterocycles. The van der Waals surface area contributed by atoms with Crippen molar-refractivity contribution < 1.29 is 9.18 Å². The second kappa shape index (κ2) is 5.64. The number of amides is 1. The van der Waals surface area contributed by atoms with E-state index in [0.717, 1.165) is 12.8 Å². The maximum atomic E-state index is 13.3. The summed E-state index contributed by atoms with van der Waals surface area (Å²) in [6.45, 7) is 0.